The minimum absolute atomic E-state index is 0.0714. The monoisotopic (exact) mass is 428 g/mol. The second-order valence-electron chi connectivity index (χ2n) is 8.03. The molecule has 5 nitrogen and oxygen atoms in total. The predicted octanol–water partition coefficient (Wildman–Crippen LogP) is 6.32. The molecule has 0 amide bonds. The molecule has 7 heteroatoms. The molecule has 1 saturated carbocycles. The maximum atomic E-state index is 14.3. The third kappa shape index (κ3) is 4.40. The van der Waals surface area contributed by atoms with Gasteiger partial charge in [-0.15, -0.1) is 0 Å². The van der Waals surface area contributed by atoms with E-state index < -0.39 is 17.6 Å². The third-order valence-electron chi connectivity index (χ3n) is 5.98. The van der Waals surface area contributed by atoms with Crippen LogP contribution >= 0.6 is 0 Å². The van der Waals surface area contributed by atoms with E-state index in [0.717, 1.165) is 37.3 Å². The van der Waals surface area contributed by atoms with Gasteiger partial charge in [0.1, 0.15) is 17.4 Å². The number of halogens is 2. The summed E-state index contributed by atoms with van der Waals surface area (Å²) in [6.07, 6.45) is 6.89. The van der Waals surface area contributed by atoms with E-state index in [9.17, 15) is 13.6 Å². The molecule has 0 saturated heterocycles. The Labute approximate surface area is 179 Å². The lowest BCUT2D eigenvalue weighted by atomic mass is 9.82. The van der Waals surface area contributed by atoms with E-state index in [4.69, 9.17) is 9.15 Å². The highest BCUT2D eigenvalue weighted by molar-refractivity contribution is 5.89. The zero-order valence-electron chi connectivity index (χ0n) is 17.7. The summed E-state index contributed by atoms with van der Waals surface area (Å²) in [5.41, 5.74) is 1.17. The Balaban J connectivity index is 1.69. The van der Waals surface area contributed by atoms with Gasteiger partial charge in [-0.2, -0.15) is 0 Å². The molecule has 1 fully saturated rings. The van der Waals surface area contributed by atoms with Crippen LogP contribution in [0.4, 0.5) is 14.6 Å². The van der Waals surface area contributed by atoms with Crippen LogP contribution < -0.4 is 5.32 Å². The van der Waals surface area contributed by atoms with Crippen LogP contribution in [0.3, 0.4) is 0 Å². The van der Waals surface area contributed by atoms with Crippen LogP contribution in [-0.2, 0) is 4.74 Å². The van der Waals surface area contributed by atoms with E-state index in [1.165, 1.54) is 18.7 Å². The van der Waals surface area contributed by atoms with E-state index in [1.807, 2.05) is 6.92 Å². The first kappa shape index (κ1) is 21.3. The molecule has 0 aliphatic heterocycles. The lowest BCUT2D eigenvalue weighted by molar-refractivity contribution is 0.0526. The molecule has 3 aromatic rings. The molecule has 0 bridgehead atoms. The van der Waals surface area contributed by atoms with Gasteiger partial charge in [-0.1, -0.05) is 19.3 Å². The molecular weight excluding hydrogens is 402 g/mol. The molecule has 2 heterocycles. The fraction of sp³-hybridized carbons (Fsp3) is 0.417. The Morgan fingerprint density at radius 2 is 2.03 bits per heavy atom. The lowest BCUT2D eigenvalue weighted by Crippen LogP contribution is -2.24. The lowest BCUT2D eigenvalue weighted by Gasteiger charge is -2.30. The Hall–Kier alpha value is -2.96. The number of carbonyl (C=O) groups is 1. The molecular formula is C24H26F2N2O3. The van der Waals surface area contributed by atoms with Crippen molar-refractivity contribution >= 4 is 22.8 Å². The van der Waals surface area contributed by atoms with Crippen molar-refractivity contribution in [2.45, 2.75) is 52.0 Å². The van der Waals surface area contributed by atoms with Crippen LogP contribution in [0.1, 0.15) is 66.8 Å². The Bertz CT molecular complexity index is 1070. The number of esters is 1. The molecule has 31 heavy (non-hydrogen) atoms. The molecule has 2 aromatic heterocycles. The van der Waals surface area contributed by atoms with Gasteiger partial charge in [-0.3, -0.25) is 0 Å². The Morgan fingerprint density at radius 1 is 1.26 bits per heavy atom. The van der Waals surface area contributed by atoms with Crippen LogP contribution in [0.5, 0.6) is 0 Å². The van der Waals surface area contributed by atoms with Gasteiger partial charge in [0.05, 0.1) is 18.2 Å². The highest BCUT2D eigenvalue weighted by Gasteiger charge is 2.31. The summed E-state index contributed by atoms with van der Waals surface area (Å²) in [7, 11) is 0. The second kappa shape index (κ2) is 9.04. The van der Waals surface area contributed by atoms with Gasteiger partial charge in [-0.05, 0) is 50.8 Å². The van der Waals surface area contributed by atoms with E-state index in [-0.39, 0.29) is 17.5 Å². The van der Waals surface area contributed by atoms with E-state index >= 15 is 0 Å². The highest BCUT2D eigenvalue weighted by atomic mass is 19.1. The number of hydrogen-bond acceptors (Lipinski definition) is 5. The van der Waals surface area contributed by atoms with Crippen molar-refractivity contribution in [3.05, 3.63) is 59.0 Å². The number of furan rings is 1. The molecule has 4 rings (SSSR count). The summed E-state index contributed by atoms with van der Waals surface area (Å²) < 4.78 is 39.1. The minimum Gasteiger partial charge on any atom is -0.462 e. The van der Waals surface area contributed by atoms with Gasteiger partial charge < -0.3 is 14.5 Å². The molecule has 0 spiro atoms. The number of carbonyl (C=O) groups excluding carboxylic acids is 1. The maximum absolute atomic E-state index is 14.3. The largest absolute Gasteiger partial charge is 0.462 e. The van der Waals surface area contributed by atoms with Gasteiger partial charge >= 0.3 is 5.97 Å². The van der Waals surface area contributed by atoms with Crippen molar-refractivity contribution in [1.82, 2.24) is 4.98 Å². The fourth-order valence-corrected chi connectivity index (χ4v) is 4.40. The van der Waals surface area contributed by atoms with Gasteiger partial charge in [0.2, 0.25) is 0 Å². The van der Waals surface area contributed by atoms with Gasteiger partial charge in [0.25, 0.3) is 0 Å². The first-order valence-corrected chi connectivity index (χ1v) is 10.8. The quantitative estimate of drug-likeness (QED) is 0.465. The predicted molar refractivity (Wildman–Crippen MR) is 114 cm³/mol. The summed E-state index contributed by atoms with van der Waals surface area (Å²) in [5.74, 6) is -0.302. The van der Waals surface area contributed by atoms with Gasteiger partial charge in [0.15, 0.2) is 11.4 Å². The molecule has 1 aliphatic carbocycles. The first-order chi connectivity index (χ1) is 15.0. The van der Waals surface area contributed by atoms with Crippen molar-refractivity contribution in [2.24, 2.45) is 5.92 Å². The number of fused-ring (bicyclic) bond motifs is 1. The molecule has 1 aromatic carbocycles. The van der Waals surface area contributed by atoms with Crippen molar-refractivity contribution in [3.63, 3.8) is 0 Å². The van der Waals surface area contributed by atoms with E-state index in [2.05, 4.69) is 10.3 Å². The molecule has 1 aliphatic rings. The minimum atomic E-state index is -0.705. The normalized spacial score (nSPS) is 15.7. The molecule has 164 valence electrons. The summed E-state index contributed by atoms with van der Waals surface area (Å²) in [6.45, 7) is 3.88. The smallest absolute Gasteiger partial charge is 0.339 e. The SMILES string of the molecule is CCOC(=O)c1ccc(NC(c2oc3c(F)cc(F)cc3c2C)C2CCCCC2)nc1. The van der Waals surface area contributed by atoms with Crippen molar-refractivity contribution in [2.75, 3.05) is 11.9 Å². The van der Waals surface area contributed by atoms with Crippen LogP contribution in [0.15, 0.2) is 34.9 Å². The topological polar surface area (TPSA) is 64.4 Å². The number of benzene rings is 1. The number of aryl methyl sites for hydroxylation is 1. The number of nitrogens with one attached hydrogen (secondary N) is 1. The van der Waals surface area contributed by atoms with Crippen molar-refractivity contribution < 1.29 is 22.7 Å². The number of anilines is 1. The van der Waals surface area contributed by atoms with Crippen LogP contribution in [0.25, 0.3) is 11.0 Å². The zero-order valence-corrected chi connectivity index (χ0v) is 17.7. The number of pyridine rings is 1. The summed E-state index contributed by atoms with van der Waals surface area (Å²) in [5, 5.41) is 3.87. The second-order valence-corrected chi connectivity index (χ2v) is 8.03. The van der Waals surface area contributed by atoms with E-state index in [0.29, 0.717) is 29.1 Å². The van der Waals surface area contributed by atoms with Crippen LogP contribution in [-0.4, -0.2) is 17.6 Å². The number of hydrogen-bond donors (Lipinski definition) is 1. The van der Waals surface area contributed by atoms with Crippen LogP contribution in [0.2, 0.25) is 0 Å². The number of ether oxygens (including phenoxy) is 1. The van der Waals surface area contributed by atoms with Crippen molar-refractivity contribution in [1.29, 1.82) is 0 Å². The van der Waals surface area contributed by atoms with Crippen molar-refractivity contribution in [3.8, 4) is 0 Å². The van der Waals surface area contributed by atoms with Gasteiger partial charge in [-0.25, -0.2) is 18.6 Å². The van der Waals surface area contributed by atoms with Crippen LogP contribution in [0, 0.1) is 24.5 Å². The maximum Gasteiger partial charge on any atom is 0.339 e. The molecule has 1 atom stereocenters. The third-order valence-corrected chi connectivity index (χ3v) is 5.98. The highest BCUT2D eigenvalue weighted by Crippen LogP contribution is 2.41. The average molecular weight is 428 g/mol. The van der Waals surface area contributed by atoms with E-state index in [1.54, 1.807) is 19.1 Å². The number of aromatic nitrogens is 1. The molecule has 1 N–H and O–H groups in total. The Kier molecular flexibility index (Phi) is 6.20. The fourth-order valence-electron chi connectivity index (χ4n) is 4.40. The zero-order chi connectivity index (χ0) is 22.0. The summed E-state index contributed by atoms with van der Waals surface area (Å²) in [4.78, 5) is 16.3. The Morgan fingerprint density at radius 3 is 2.71 bits per heavy atom. The molecule has 0 radical (unpaired) electrons. The first-order valence-electron chi connectivity index (χ1n) is 10.8. The molecule has 1 unspecified atom stereocenters. The van der Waals surface area contributed by atoms with Gasteiger partial charge in [0, 0.05) is 23.2 Å². The standard InChI is InChI=1S/C24H26F2N2O3/c1-3-30-24(29)16-9-10-20(27-13-16)28-21(15-7-5-4-6-8-15)22-14(2)18-11-17(25)12-19(26)23(18)31-22/h9-13,15,21H,3-8H2,1-2H3,(H,27,28). The summed E-state index contributed by atoms with van der Waals surface area (Å²) in [6, 6.07) is 5.29. The number of nitrogens with zero attached hydrogens (tertiary/aromatic N) is 1. The summed E-state index contributed by atoms with van der Waals surface area (Å²) >= 11 is 0. The number of rotatable bonds is 6. The average Bonchev–Trinajstić information content (AvgIpc) is 3.10.